The standard InChI is InChI=1S/C13H18N2OS/c1-4-15(5-2)13(17)14-12-8-6-11(7-9-12)10(3)16/h6-9H,4-5H2,1-3H3,(H,14,17). The van der Waals surface area contributed by atoms with Gasteiger partial charge in [-0.25, -0.2) is 0 Å². The van der Waals surface area contributed by atoms with Gasteiger partial charge in [0.1, 0.15) is 0 Å². The van der Waals surface area contributed by atoms with Crippen LogP contribution in [0.5, 0.6) is 0 Å². The number of hydrogen-bond acceptors (Lipinski definition) is 2. The number of anilines is 1. The molecule has 0 aliphatic carbocycles. The molecule has 1 aromatic carbocycles. The normalized spacial score (nSPS) is 9.82. The molecule has 0 radical (unpaired) electrons. The molecule has 0 amide bonds. The molecule has 0 saturated carbocycles. The molecule has 1 N–H and O–H groups in total. The van der Waals surface area contributed by atoms with Crippen molar-refractivity contribution in [2.45, 2.75) is 20.8 Å². The number of nitrogens with one attached hydrogen (secondary N) is 1. The maximum atomic E-state index is 11.1. The number of thiocarbonyl (C=S) groups is 1. The second-order valence-corrected chi connectivity index (χ2v) is 4.12. The lowest BCUT2D eigenvalue weighted by Crippen LogP contribution is -2.34. The maximum absolute atomic E-state index is 11.1. The van der Waals surface area contributed by atoms with E-state index in [9.17, 15) is 4.79 Å². The summed E-state index contributed by atoms with van der Waals surface area (Å²) in [5.74, 6) is 0.0721. The van der Waals surface area contributed by atoms with Crippen LogP contribution in [0.1, 0.15) is 31.1 Å². The van der Waals surface area contributed by atoms with Crippen LogP contribution in [-0.2, 0) is 0 Å². The molecule has 0 heterocycles. The Labute approximate surface area is 108 Å². The largest absolute Gasteiger partial charge is 0.350 e. The van der Waals surface area contributed by atoms with Gasteiger partial charge in [0, 0.05) is 24.3 Å². The molecule has 17 heavy (non-hydrogen) atoms. The van der Waals surface area contributed by atoms with Crippen molar-refractivity contribution in [1.82, 2.24) is 4.90 Å². The molecule has 0 fully saturated rings. The number of Topliss-reactive ketones (excluding diaryl/α,β-unsaturated/α-hetero) is 1. The molecule has 0 bridgehead atoms. The molecule has 0 aliphatic heterocycles. The van der Waals surface area contributed by atoms with E-state index in [0.29, 0.717) is 10.7 Å². The zero-order valence-electron chi connectivity index (χ0n) is 10.5. The fourth-order valence-corrected chi connectivity index (χ4v) is 1.88. The highest BCUT2D eigenvalue weighted by Gasteiger charge is 2.05. The van der Waals surface area contributed by atoms with Crippen molar-refractivity contribution in [1.29, 1.82) is 0 Å². The average molecular weight is 250 g/mol. The summed E-state index contributed by atoms with van der Waals surface area (Å²) in [6, 6.07) is 7.34. The number of nitrogens with zero attached hydrogens (tertiary/aromatic N) is 1. The van der Waals surface area contributed by atoms with Gasteiger partial charge in [-0.15, -0.1) is 0 Å². The topological polar surface area (TPSA) is 32.3 Å². The first-order valence-electron chi connectivity index (χ1n) is 5.75. The molecule has 0 unspecified atom stereocenters. The van der Waals surface area contributed by atoms with Gasteiger partial charge in [0.15, 0.2) is 10.9 Å². The third-order valence-electron chi connectivity index (χ3n) is 2.59. The van der Waals surface area contributed by atoms with Crippen LogP contribution in [-0.4, -0.2) is 28.9 Å². The van der Waals surface area contributed by atoms with E-state index in [0.717, 1.165) is 18.8 Å². The predicted octanol–water partition coefficient (Wildman–Crippen LogP) is 2.93. The Morgan fingerprint density at radius 2 is 1.76 bits per heavy atom. The van der Waals surface area contributed by atoms with Crippen LogP contribution in [0.15, 0.2) is 24.3 Å². The van der Waals surface area contributed by atoms with Gasteiger partial charge >= 0.3 is 0 Å². The average Bonchev–Trinajstić information content (AvgIpc) is 2.31. The van der Waals surface area contributed by atoms with Gasteiger partial charge in [0.2, 0.25) is 0 Å². The zero-order chi connectivity index (χ0) is 12.8. The van der Waals surface area contributed by atoms with Crippen molar-refractivity contribution >= 4 is 28.8 Å². The van der Waals surface area contributed by atoms with E-state index in [1.54, 1.807) is 19.1 Å². The van der Waals surface area contributed by atoms with Gasteiger partial charge in [-0.3, -0.25) is 4.79 Å². The van der Waals surface area contributed by atoms with Gasteiger partial charge in [0.05, 0.1) is 0 Å². The summed E-state index contributed by atoms with van der Waals surface area (Å²) in [5, 5.41) is 3.87. The van der Waals surface area contributed by atoms with Crippen molar-refractivity contribution < 1.29 is 4.79 Å². The smallest absolute Gasteiger partial charge is 0.173 e. The summed E-state index contributed by atoms with van der Waals surface area (Å²) < 4.78 is 0. The highest BCUT2D eigenvalue weighted by atomic mass is 32.1. The Morgan fingerprint density at radius 1 is 1.24 bits per heavy atom. The van der Waals surface area contributed by atoms with Gasteiger partial charge in [-0.1, -0.05) is 0 Å². The molecule has 0 saturated heterocycles. The van der Waals surface area contributed by atoms with Crippen LogP contribution < -0.4 is 5.32 Å². The summed E-state index contributed by atoms with van der Waals surface area (Å²) in [4.78, 5) is 13.2. The van der Waals surface area contributed by atoms with E-state index >= 15 is 0 Å². The Balaban J connectivity index is 2.69. The van der Waals surface area contributed by atoms with Gasteiger partial charge in [0.25, 0.3) is 0 Å². The number of carbonyl (C=O) groups excluding carboxylic acids is 1. The fraction of sp³-hybridized carbons (Fsp3) is 0.385. The second kappa shape index (κ2) is 6.35. The first kappa shape index (κ1) is 13.6. The lowest BCUT2D eigenvalue weighted by atomic mass is 10.1. The Hall–Kier alpha value is -1.42. The van der Waals surface area contributed by atoms with Crippen LogP contribution in [0.3, 0.4) is 0 Å². The molecule has 92 valence electrons. The highest BCUT2D eigenvalue weighted by molar-refractivity contribution is 7.80. The van der Waals surface area contributed by atoms with E-state index < -0.39 is 0 Å². The van der Waals surface area contributed by atoms with Gasteiger partial charge in [-0.2, -0.15) is 0 Å². The molecule has 4 heteroatoms. The van der Waals surface area contributed by atoms with Crippen LogP contribution in [0.25, 0.3) is 0 Å². The summed E-state index contributed by atoms with van der Waals surface area (Å²) >= 11 is 5.29. The summed E-state index contributed by atoms with van der Waals surface area (Å²) in [7, 11) is 0. The lowest BCUT2D eigenvalue weighted by Gasteiger charge is -2.22. The van der Waals surface area contributed by atoms with E-state index in [4.69, 9.17) is 12.2 Å². The fourth-order valence-electron chi connectivity index (χ4n) is 1.50. The second-order valence-electron chi connectivity index (χ2n) is 3.74. The number of benzene rings is 1. The summed E-state index contributed by atoms with van der Waals surface area (Å²) in [6.45, 7) is 7.46. The Morgan fingerprint density at radius 3 is 2.18 bits per heavy atom. The number of hydrogen-bond donors (Lipinski definition) is 1. The molecular weight excluding hydrogens is 232 g/mol. The summed E-state index contributed by atoms with van der Waals surface area (Å²) in [5.41, 5.74) is 1.62. The third-order valence-corrected chi connectivity index (χ3v) is 2.95. The Kier molecular flexibility index (Phi) is 5.10. The van der Waals surface area contributed by atoms with Crippen molar-refractivity contribution in [3.05, 3.63) is 29.8 Å². The van der Waals surface area contributed by atoms with E-state index in [-0.39, 0.29) is 5.78 Å². The SMILES string of the molecule is CCN(CC)C(=S)Nc1ccc(C(C)=O)cc1. The van der Waals surface area contributed by atoms with Crippen LogP contribution in [0, 0.1) is 0 Å². The molecule has 1 aromatic rings. The Bertz CT molecular complexity index is 396. The van der Waals surface area contributed by atoms with Crippen LogP contribution in [0.2, 0.25) is 0 Å². The monoisotopic (exact) mass is 250 g/mol. The lowest BCUT2D eigenvalue weighted by molar-refractivity contribution is 0.101. The van der Waals surface area contributed by atoms with Crippen molar-refractivity contribution in [3.8, 4) is 0 Å². The number of carbonyl (C=O) groups is 1. The third kappa shape index (κ3) is 3.82. The van der Waals surface area contributed by atoms with E-state index in [1.807, 2.05) is 12.1 Å². The molecule has 3 nitrogen and oxygen atoms in total. The van der Waals surface area contributed by atoms with Crippen molar-refractivity contribution in [2.24, 2.45) is 0 Å². The van der Waals surface area contributed by atoms with E-state index in [1.165, 1.54) is 0 Å². The molecule has 1 rings (SSSR count). The molecule has 0 aliphatic rings. The molecule has 0 aromatic heterocycles. The predicted molar refractivity (Wildman–Crippen MR) is 75.6 cm³/mol. The maximum Gasteiger partial charge on any atom is 0.173 e. The summed E-state index contributed by atoms with van der Waals surface area (Å²) in [6.07, 6.45) is 0. The van der Waals surface area contributed by atoms with Crippen molar-refractivity contribution in [2.75, 3.05) is 18.4 Å². The minimum absolute atomic E-state index is 0.0721. The minimum atomic E-state index is 0.0721. The zero-order valence-corrected chi connectivity index (χ0v) is 11.3. The first-order valence-corrected chi connectivity index (χ1v) is 6.16. The highest BCUT2D eigenvalue weighted by Crippen LogP contribution is 2.11. The van der Waals surface area contributed by atoms with Crippen molar-refractivity contribution in [3.63, 3.8) is 0 Å². The number of ketones is 1. The van der Waals surface area contributed by atoms with Crippen LogP contribution in [0.4, 0.5) is 5.69 Å². The molecule has 0 spiro atoms. The quantitative estimate of drug-likeness (QED) is 0.658. The molecular formula is C13H18N2OS. The van der Waals surface area contributed by atoms with Crippen LogP contribution >= 0.6 is 12.2 Å². The number of rotatable bonds is 4. The minimum Gasteiger partial charge on any atom is -0.350 e. The first-order chi connectivity index (χ1) is 8.08. The van der Waals surface area contributed by atoms with Gasteiger partial charge < -0.3 is 10.2 Å². The van der Waals surface area contributed by atoms with Gasteiger partial charge in [-0.05, 0) is 57.3 Å². The van der Waals surface area contributed by atoms with E-state index in [2.05, 4.69) is 24.1 Å². The molecule has 0 atom stereocenters.